The summed E-state index contributed by atoms with van der Waals surface area (Å²) in [4.78, 5) is 14.5. The molecule has 1 amide bonds. The highest BCUT2D eigenvalue weighted by Gasteiger charge is 2.19. The van der Waals surface area contributed by atoms with E-state index in [1.807, 2.05) is 31.2 Å². The molecule has 3 nitrogen and oxygen atoms in total. The van der Waals surface area contributed by atoms with Crippen molar-refractivity contribution in [3.05, 3.63) is 56.6 Å². The molecule has 21 heavy (non-hydrogen) atoms. The Morgan fingerprint density at radius 2 is 2.00 bits per heavy atom. The Morgan fingerprint density at radius 3 is 2.62 bits per heavy atom. The Kier molecular flexibility index (Phi) is 5.47. The minimum Gasteiger partial charge on any atom is -0.397 e. The summed E-state index contributed by atoms with van der Waals surface area (Å²) in [6.45, 7) is 2.64. The molecule has 0 aliphatic heterocycles. The van der Waals surface area contributed by atoms with Crippen LogP contribution in [0.3, 0.4) is 0 Å². The number of hydrogen-bond donors (Lipinski definition) is 1. The van der Waals surface area contributed by atoms with Crippen molar-refractivity contribution in [3.63, 3.8) is 0 Å². The zero-order valence-corrected chi connectivity index (χ0v) is 14.6. The minimum atomic E-state index is -0.0898. The van der Waals surface area contributed by atoms with E-state index in [1.165, 1.54) is 0 Å². The van der Waals surface area contributed by atoms with Crippen LogP contribution in [-0.2, 0) is 0 Å². The maximum Gasteiger partial charge on any atom is 0.258 e. The monoisotopic (exact) mass is 414 g/mol. The van der Waals surface area contributed by atoms with E-state index in [9.17, 15) is 4.79 Å². The third-order valence-electron chi connectivity index (χ3n) is 3.09. The summed E-state index contributed by atoms with van der Waals surface area (Å²) < 4.78 is 0.923. The van der Waals surface area contributed by atoms with Crippen LogP contribution in [0.1, 0.15) is 23.7 Å². The van der Waals surface area contributed by atoms with Crippen molar-refractivity contribution in [2.45, 2.75) is 13.3 Å². The predicted octanol–water partition coefficient (Wildman–Crippen LogP) is 4.58. The molecule has 0 aliphatic carbocycles. The van der Waals surface area contributed by atoms with Crippen molar-refractivity contribution < 1.29 is 4.79 Å². The fraction of sp³-hybridized carbons (Fsp3) is 0.188. The molecule has 0 radical (unpaired) electrons. The third-order valence-corrected chi connectivity index (χ3v) is 4.66. The number of halogens is 2. The van der Waals surface area contributed by atoms with Crippen LogP contribution in [0.25, 0.3) is 0 Å². The number of anilines is 2. The van der Waals surface area contributed by atoms with Crippen LogP contribution in [0.5, 0.6) is 0 Å². The van der Waals surface area contributed by atoms with E-state index in [1.54, 1.807) is 23.1 Å². The maximum absolute atomic E-state index is 12.8. The molecule has 0 spiro atoms. The van der Waals surface area contributed by atoms with Gasteiger partial charge < -0.3 is 10.6 Å². The highest BCUT2D eigenvalue weighted by molar-refractivity contribution is 14.1. The van der Waals surface area contributed by atoms with Crippen molar-refractivity contribution >= 4 is 51.5 Å². The topological polar surface area (TPSA) is 46.3 Å². The summed E-state index contributed by atoms with van der Waals surface area (Å²) >= 11 is 8.25. The van der Waals surface area contributed by atoms with Gasteiger partial charge in [0.1, 0.15) is 0 Å². The van der Waals surface area contributed by atoms with Crippen molar-refractivity contribution in [2.75, 3.05) is 17.2 Å². The summed E-state index contributed by atoms with van der Waals surface area (Å²) in [5, 5.41) is 0.582. The SMILES string of the molecule is CCCN(C(=O)c1ccc(I)c(Cl)c1)c1ccccc1N. The van der Waals surface area contributed by atoms with E-state index < -0.39 is 0 Å². The number of nitrogens with zero attached hydrogens (tertiary/aromatic N) is 1. The second-order valence-corrected chi connectivity index (χ2v) is 6.21. The molecule has 2 N–H and O–H groups in total. The molecule has 0 unspecified atom stereocenters. The Morgan fingerprint density at radius 1 is 1.29 bits per heavy atom. The Labute approximate surface area is 143 Å². The first kappa shape index (κ1) is 16.1. The molecule has 0 bridgehead atoms. The van der Waals surface area contributed by atoms with Gasteiger partial charge in [0.25, 0.3) is 5.91 Å². The van der Waals surface area contributed by atoms with Crippen LogP contribution in [0.15, 0.2) is 42.5 Å². The van der Waals surface area contributed by atoms with Gasteiger partial charge in [-0.25, -0.2) is 0 Å². The second kappa shape index (κ2) is 7.13. The van der Waals surface area contributed by atoms with Crippen LogP contribution in [0.2, 0.25) is 5.02 Å². The van der Waals surface area contributed by atoms with Gasteiger partial charge in [-0.1, -0.05) is 30.7 Å². The van der Waals surface area contributed by atoms with Gasteiger partial charge in [0, 0.05) is 15.7 Å². The van der Waals surface area contributed by atoms with Crippen molar-refractivity contribution in [1.29, 1.82) is 0 Å². The molecule has 0 fully saturated rings. The lowest BCUT2D eigenvalue weighted by Crippen LogP contribution is -2.32. The lowest BCUT2D eigenvalue weighted by atomic mass is 10.1. The Bertz CT molecular complexity index is 660. The zero-order valence-electron chi connectivity index (χ0n) is 11.6. The van der Waals surface area contributed by atoms with Gasteiger partial charge in [-0.3, -0.25) is 4.79 Å². The maximum atomic E-state index is 12.8. The van der Waals surface area contributed by atoms with Gasteiger partial charge in [0.15, 0.2) is 0 Å². The first-order valence-corrected chi connectivity index (χ1v) is 8.11. The normalized spacial score (nSPS) is 10.4. The molecule has 0 saturated carbocycles. The Hall–Kier alpha value is -1.27. The average Bonchev–Trinajstić information content (AvgIpc) is 2.48. The molecule has 2 aromatic carbocycles. The molecular formula is C16H16ClIN2O. The summed E-state index contributed by atoms with van der Waals surface area (Å²) in [6, 6.07) is 12.7. The standard InChI is InChI=1S/C16H16ClIN2O/c1-2-9-20(15-6-4-3-5-14(15)19)16(21)11-7-8-13(18)12(17)10-11/h3-8,10H,2,9,19H2,1H3. The number of rotatable bonds is 4. The van der Waals surface area contributed by atoms with Crippen molar-refractivity contribution in [3.8, 4) is 0 Å². The van der Waals surface area contributed by atoms with Gasteiger partial charge in [-0.05, 0) is 59.3 Å². The van der Waals surface area contributed by atoms with Crippen molar-refractivity contribution in [1.82, 2.24) is 0 Å². The van der Waals surface area contributed by atoms with E-state index >= 15 is 0 Å². The van der Waals surface area contributed by atoms with Gasteiger partial charge >= 0.3 is 0 Å². The largest absolute Gasteiger partial charge is 0.397 e. The lowest BCUT2D eigenvalue weighted by Gasteiger charge is -2.24. The number of carbonyl (C=O) groups is 1. The Balaban J connectivity index is 2.40. The molecule has 0 heterocycles. The lowest BCUT2D eigenvalue weighted by molar-refractivity contribution is 0.0987. The first-order chi connectivity index (χ1) is 10.0. The van der Waals surface area contributed by atoms with E-state index in [2.05, 4.69) is 22.6 Å². The molecule has 0 saturated heterocycles. The van der Waals surface area contributed by atoms with E-state index in [0.717, 1.165) is 15.7 Å². The molecule has 0 aliphatic rings. The van der Waals surface area contributed by atoms with E-state index in [0.29, 0.717) is 22.8 Å². The molecule has 0 atom stereocenters. The molecule has 110 valence electrons. The zero-order chi connectivity index (χ0) is 15.4. The molecule has 2 aromatic rings. The summed E-state index contributed by atoms with van der Waals surface area (Å²) in [6.07, 6.45) is 0.845. The number of nitrogen functional groups attached to an aromatic ring is 1. The fourth-order valence-corrected chi connectivity index (χ4v) is 2.59. The summed E-state index contributed by atoms with van der Waals surface area (Å²) in [5.41, 5.74) is 7.90. The molecule has 2 rings (SSSR count). The highest BCUT2D eigenvalue weighted by atomic mass is 127. The van der Waals surface area contributed by atoms with Crippen LogP contribution in [0, 0.1) is 3.57 Å². The summed E-state index contributed by atoms with van der Waals surface area (Å²) in [7, 11) is 0. The quantitative estimate of drug-likeness (QED) is 0.588. The number of hydrogen-bond acceptors (Lipinski definition) is 2. The molecular weight excluding hydrogens is 399 g/mol. The number of benzene rings is 2. The molecule has 0 aromatic heterocycles. The fourth-order valence-electron chi connectivity index (χ4n) is 2.07. The van der Waals surface area contributed by atoms with Gasteiger partial charge in [-0.2, -0.15) is 0 Å². The highest BCUT2D eigenvalue weighted by Crippen LogP contribution is 2.26. The number of nitrogens with two attached hydrogens (primary N) is 1. The summed E-state index contributed by atoms with van der Waals surface area (Å²) in [5.74, 6) is -0.0898. The molecule has 5 heteroatoms. The smallest absolute Gasteiger partial charge is 0.258 e. The third kappa shape index (κ3) is 3.68. The minimum absolute atomic E-state index is 0.0898. The second-order valence-electron chi connectivity index (χ2n) is 4.64. The van der Waals surface area contributed by atoms with Crippen LogP contribution < -0.4 is 10.6 Å². The van der Waals surface area contributed by atoms with Crippen molar-refractivity contribution in [2.24, 2.45) is 0 Å². The number of amides is 1. The predicted molar refractivity (Wildman–Crippen MR) is 97.0 cm³/mol. The van der Waals surface area contributed by atoms with Crippen LogP contribution in [0.4, 0.5) is 11.4 Å². The van der Waals surface area contributed by atoms with Crippen LogP contribution in [-0.4, -0.2) is 12.5 Å². The van der Waals surface area contributed by atoms with Gasteiger partial charge in [-0.15, -0.1) is 0 Å². The van der Waals surface area contributed by atoms with Crippen LogP contribution >= 0.6 is 34.2 Å². The average molecular weight is 415 g/mol. The van der Waals surface area contributed by atoms with Gasteiger partial charge in [0.05, 0.1) is 16.4 Å². The van der Waals surface area contributed by atoms with Gasteiger partial charge in [0.2, 0.25) is 0 Å². The first-order valence-electron chi connectivity index (χ1n) is 6.66. The van der Waals surface area contributed by atoms with E-state index in [-0.39, 0.29) is 5.91 Å². The van der Waals surface area contributed by atoms with E-state index in [4.69, 9.17) is 17.3 Å². The number of para-hydroxylation sites is 2. The number of carbonyl (C=O) groups excluding carboxylic acids is 1.